The van der Waals surface area contributed by atoms with E-state index in [9.17, 15) is 4.79 Å². The zero-order chi connectivity index (χ0) is 13.2. The van der Waals surface area contributed by atoms with Gasteiger partial charge >= 0.3 is 0 Å². The fraction of sp³-hybridized carbons (Fsp3) is 0.308. The van der Waals surface area contributed by atoms with Crippen molar-refractivity contribution >= 4 is 28.8 Å². The molecule has 0 fully saturated rings. The molecule has 0 saturated carbocycles. The number of hydrogen-bond acceptors (Lipinski definition) is 4. The van der Waals surface area contributed by atoms with Crippen LogP contribution in [0.1, 0.15) is 39.8 Å². The van der Waals surface area contributed by atoms with Crippen LogP contribution in [0.5, 0.6) is 0 Å². The molecule has 0 saturated heterocycles. The smallest absolute Gasteiger partial charge is 0.271 e. The van der Waals surface area contributed by atoms with Crippen molar-refractivity contribution in [3.05, 3.63) is 45.1 Å². The molecule has 2 heterocycles. The molecule has 1 amide bonds. The van der Waals surface area contributed by atoms with Crippen LogP contribution in [0.25, 0.3) is 0 Å². The van der Waals surface area contributed by atoms with Crippen LogP contribution in [0.15, 0.2) is 23.8 Å². The van der Waals surface area contributed by atoms with Crippen molar-refractivity contribution in [2.45, 2.75) is 25.3 Å². The Morgan fingerprint density at radius 2 is 2.32 bits per heavy atom. The van der Waals surface area contributed by atoms with Gasteiger partial charge in [-0.3, -0.25) is 4.79 Å². The number of aryl methyl sites for hydroxylation is 1. The number of rotatable bonds is 2. The van der Waals surface area contributed by atoms with Gasteiger partial charge in [-0.25, -0.2) is 9.97 Å². The van der Waals surface area contributed by atoms with Gasteiger partial charge in [0.1, 0.15) is 10.8 Å². The van der Waals surface area contributed by atoms with Gasteiger partial charge in [0, 0.05) is 4.88 Å². The largest absolute Gasteiger partial charge is 0.344 e. The topological polar surface area (TPSA) is 54.9 Å². The van der Waals surface area contributed by atoms with Gasteiger partial charge in [0.05, 0.1) is 18.4 Å². The van der Waals surface area contributed by atoms with E-state index < -0.39 is 0 Å². The number of carbonyl (C=O) groups excluding carboxylic acids is 1. The van der Waals surface area contributed by atoms with Crippen LogP contribution in [0.4, 0.5) is 0 Å². The second kappa shape index (κ2) is 5.27. The Morgan fingerprint density at radius 1 is 1.42 bits per heavy atom. The molecule has 98 valence electrons. The molecule has 0 aromatic carbocycles. The van der Waals surface area contributed by atoms with Gasteiger partial charge in [-0.05, 0) is 36.3 Å². The molecule has 3 rings (SSSR count). The van der Waals surface area contributed by atoms with Crippen LogP contribution in [-0.2, 0) is 6.42 Å². The number of hydrogen-bond donors (Lipinski definition) is 1. The highest BCUT2D eigenvalue weighted by molar-refractivity contribution is 7.10. The van der Waals surface area contributed by atoms with E-state index in [1.165, 1.54) is 22.8 Å². The normalized spacial score (nSPS) is 17.8. The number of carbonyl (C=O) groups is 1. The lowest BCUT2D eigenvalue weighted by Crippen LogP contribution is -2.31. The standard InChI is InChI=1S/C13H12ClN3OS/c14-12-7-15-10(6-16-12)13(18)17-9-2-1-3-11-8(9)4-5-19-11/h4-7,9H,1-3H2,(H,17,18). The molecule has 1 aliphatic carbocycles. The summed E-state index contributed by atoms with van der Waals surface area (Å²) in [4.78, 5) is 21.3. The van der Waals surface area contributed by atoms with Gasteiger partial charge in [0.15, 0.2) is 0 Å². The fourth-order valence-electron chi connectivity index (χ4n) is 2.30. The van der Waals surface area contributed by atoms with Crippen LogP contribution in [0.2, 0.25) is 5.15 Å². The van der Waals surface area contributed by atoms with Gasteiger partial charge < -0.3 is 5.32 Å². The quantitative estimate of drug-likeness (QED) is 0.926. The number of fused-ring (bicyclic) bond motifs is 1. The molecular weight excluding hydrogens is 282 g/mol. The Bertz CT molecular complexity index is 596. The van der Waals surface area contributed by atoms with Crippen molar-refractivity contribution in [1.82, 2.24) is 15.3 Å². The van der Waals surface area contributed by atoms with E-state index in [4.69, 9.17) is 11.6 Å². The Hall–Kier alpha value is -1.46. The molecule has 0 bridgehead atoms. The van der Waals surface area contributed by atoms with Crippen LogP contribution in [0.3, 0.4) is 0 Å². The number of nitrogens with one attached hydrogen (secondary N) is 1. The molecule has 4 nitrogen and oxygen atoms in total. The molecule has 0 spiro atoms. The first kappa shape index (κ1) is 12.6. The summed E-state index contributed by atoms with van der Waals surface area (Å²) in [5.74, 6) is -0.201. The number of aromatic nitrogens is 2. The number of amides is 1. The van der Waals surface area contributed by atoms with Gasteiger partial charge in [-0.2, -0.15) is 0 Å². The summed E-state index contributed by atoms with van der Waals surface area (Å²) >= 11 is 7.41. The van der Waals surface area contributed by atoms with Crippen molar-refractivity contribution < 1.29 is 4.79 Å². The molecule has 2 aromatic heterocycles. The SMILES string of the molecule is O=C(NC1CCCc2sccc21)c1cnc(Cl)cn1. The van der Waals surface area contributed by atoms with Gasteiger partial charge in [-0.1, -0.05) is 11.6 Å². The third kappa shape index (κ3) is 2.62. The van der Waals surface area contributed by atoms with E-state index in [1.807, 2.05) is 0 Å². The summed E-state index contributed by atoms with van der Waals surface area (Å²) < 4.78 is 0. The highest BCUT2D eigenvalue weighted by atomic mass is 35.5. The van der Waals surface area contributed by atoms with Crippen molar-refractivity contribution in [2.24, 2.45) is 0 Å². The van der Waals surface area contributed by atoms with E-state index in [-0.39, 0.29) is 17.1 Å². The maximum atomic E-state index is 12.1. The van der Waals surface area contributed by atoms with Crippen LogP contribution >= 0.6 is 22.9 Å². The molecular formula is C13H12ClN3OS. The molecule has 6 heteroatoms. The predicted molar refractivity (Wildman–Crippen MR) is 74.5 cm³/mol. The summed E-state index contributed by atoms with van der Waals surface area (Å²) in [5, 5.41) is 5.39. The predicted octanol–water partition coefficient (Wildman–Crippen LogP) is 3.00. The van der Waals surface area contributed by atoms with E-state index in [2.05, 4.69) is 26.7 Å². The molecule has 0 aliphatic heterocycles. The molecule has 1 aliphatic rings. The van der Waals surface area contributed by atoms with Crippen LogP contribution in [0, 0.1) is 0 Å². The van der Waals surface area contributed by atoms with E-state index in [0.717, 1.165) is 19.3 Å². The Balaban J connectivity index is 1.76. The summed E-state index contributed by atoms with van der Waals surface area (Å²) in [7, 11) is 0. The zero-order valence-electron chi connectivity index (χ0n) is 10.1. The average Bonchev–Trinajstić information content (AvgIpc) is 2.89. The molecule has 19 heavy (non-hydrogen) atoms. The Labute approximate surface area is 119 Å². The summed E-state index contributed by atoms with van der Waals surface area (Å²) in [6.45, 7) is 0. The number of nitrogens with zero attached hydrogens (tertiary/aromatic N) is 2. The van der Waals surface area contributed by atoms with E-state index in [0.29, 0.717) is 5.69 Å². The minimum Gasteiger partial charge on any atom is -0.344 e. The highest BCUT2D eigenvalue weighted by Crippen LogP contribution is 2.33. The van der Waals surface area contributed by atoms with Crippen molar-refractivity contribution in [1.29, 1.82) is 0 Å². The van der Waals surface area contributed by atoms with Crippen molar-refractivity contribution in [2.75, 3.05) is 0 Å². The number of thiophene rings is 1. The minimum atomic E-state index is -0.201. The lowest BCUT2D eigenvalue weighted by molar-refractivity contribution is 0.0927. The zero-order valence-corrected chi connectivity index (χ0v) is 11.7. The molecule has 1 N–H and O–H groups in total. The van der Waals surface area contributed by atoms with Gasteiger partial charge in [-0.15, -0.1) is 11.3 Å². The lowest BCUT2D eigenvalue weighted by atomic mass is 9.94. The van der Waals surface area contributed by atoms with Gasteiger partial charge in [0.2, 0.25) is 0 Å². The first-order valence-electron chi connectivity index (χ1n) is 6.09. The maximum Gasteiger partial charge on any atom is 0.271 e. The third-order valence-electron chi connectivity index (χ3n) is 3.21. The highest BCUT2D eigenvalue weighted by Gasteiger charge is 2.23. The third-order valence-corrected chi connectivity index (χ3v) is 4.40. The van der Waals surface area contributed by atoms with Crippen LogP contribution in [-0.4, -0.2) is 15.9 Å². The fourth-order valence-corrected chi connectivity index (χ4v) is 3.38. The molecule has 0 radical (unpaired) electrons. The summed E-state index contributed by atoms with van der Waals surface area (Å²) in [6, 6.07) is 2.18. The second-order valence-corrected chi connectivity index (χ2v) is 5.83. The van der Waals surface area contributed by atoms with Crippen molar-refractivity contribution in [3.8, 4) is 0 Å². The molecule has 1 atom stereocenters. The van der Waals surface area contributed by atoms with Crippen LogP contribution < -0.4 is 5.32 Å². The Kier molecular flexibility index (Phi) is 3.48. The summed E-state index contributed by atoms with van der Waals surface area (Å²) in [6.07, 6.45) is 5.96. The van der Waals surface area contributed by atoms with Crippen molar-refractivity contribution in [3.63, 3.8) is 0 Å². The average molecular weight is 294 g/mol. The molecule has 1 unspecified atom stereocenters. The minimum absolute atomic E-state index is 0.0833. The number of halogens is 1. The first-order chi connectivity index (χ1) is 9.24. The Morgan fingerprint density at radius 3 is 3.11 bits per heavy atom. The molecule has 2 aromatic rings. The van der Waals surface area contributed by atoms with E-state index >= 15 is 0 Å². The lowest BCUT2D eigenvalue weighted by Gasteiger charge is -2.23. The van der Waals surface area contributed by atoms with E-state index in [1.54, 1.807) is 11.3 Å². The summed E-state index contributed by atoms with van der Waals surface area (Å²) in [5.41, 5.74) is 1.54. The van der Waals surface area contributed by atoms with Gasteiger partial charge in [0.25, 0.3) is 5.91 Å². The first-order valence-corrected chi connectivity index (χ1v) is 7.34. The maximum absolute atomic E-state index is 12.1. The second-order valence-electron chi connectivity index (χ2n) is 4.44. The monoisotopic (exact) mass is 293 g/mol.